The zero-order valence-electron chi connectivity index (χ0n) is 22.0. The third-order valence-electron chi connectivity index (χ3n) is 10.7. The van der Waals surface area contributed by atoms with E-state index in [4.69, 9.17) is 4.74 Å². The fourth-order valence-electron chi connectivity index (χ4n) is 8.83. The number of allylic oxidation sites excluding steroid dienone is 2. The van der Waals surface area contributed by atoms with Crippen LogP contribution in [0.1, 0.15) is 92.4 Å². The van der Waals surface area contributed by atoms with Crippen LogP contribution in [0, 0.1) is 46.3 Å². The highest BCUT2D eigenvalue weighted by molar-refractivity contribution is 5.94. The number of ketones is 2. The van der Waals surface area contributed by atoms with Crippen LogP contribution >= 0.6 is 0 Å². The maximum absolute atomic E-state index is 13.9. The number of carbonyl (C=O) groups is 3. The molecule has 2 unspecified atom stereocenters. The van der Waals surface area contributed by atoms with Gasteiger partial charge in [-0.05, 0) is 86.4 Å². The Bertz CT molecular complexity index is 901. The van der Waals surface area contributed by atoms with Gasteiger partial charge in [-0.2, -0.15) is 0 Å². The Morgan fingerprint density at radius 2 is 1.79 bits per heavy atom. The molecule has 0 heterocycles. The molecule has 4 fully saturated rings. The van der Waals surface area contributed by atoms with Gasteiger partial charge in [0.2, 0.25) is 0 Å². The van der Waals surface area contributed by atoms with Crippen LogP contribution in [-0.2, 0) is 19.1 Å². The molecule has 4 heteroatoms. The van der Waals surface area contributed by atoms with E-state index in [-0.39, 0.29) is 40.7 Å². The van der Waals surface area contributed by atoms with E-state index in [1.54, 1.807) is 0 Å². The molecule has 0 saturated heterocycles. The second-order valence-corrected chi connectivity index (χ2v) is 12.7. The Labute approximate surface area is 206 Å². The SMILES string of the molecule is C=C(C)C(=C)CC[C@@H](C)[C@H]1CC[C@H]2[C@@H]3C(=O)CC4CC(OC(C)=O)CC[C@]4(C)[C@H]3C(=O)C[C@]12C. The molecule has 4 saturated carbocycles. The highest BCUT2D eigenvalue weighted by Crippen LogP contribution is 2.66. The van der Waals surface area contributed by atoms with Gasteiger partial charge >= 0.3 is 5.97 Å². The van der Waals surface area contributed by atoms with Crippen LogP contribution in [0.4, 0.5) is 0 Å². The van der Waals surface area contributed by atoms with Crippen molar-refractivity contribution in [2.75, 3.05) is 0 Å². The maximum atomic E-state index is 13.9. The molecule has 0 aliphatic heterocycles. The lowest BCUT2D eigenvalue weighted by Crippen LogP contribution is -2.61. The molecule has 34 heavy (non-hydrogen) atoms. The summed E-state index contributed by atoms with van der Waals surface area (Å²) in [5, 5.41) is 0. The minimum Gasteiger partial charge on any atom is -0.463 e. The van der Waals surface area contributed by atoms with Gasteiger partial charge in [-0.3, -0.25) is 14.4 Å². The lowest BCUT2D eigenvalue weighted by Gasteiger charge is -2.59. The van der Waals surface area contributed by atoms with E-state index < -0.39 is 0 Å². The molecule has 0 spiro atoms. The summed E-state index contributed by atoms with van der Waals surface area (Å²) in [6, 6.07) is 0. The van der Waals surface area contributed by atoms with E-state index >= 15 is 0 Å². The molecule has 0 N–H and O–H groups in total. The molecule has 0 amide bonds. The first-order chi connectivity index (χ1) is 15.9. The maximum Gasteiger partial charge on any atom is 0.302 e. The van der Waals surface area contributed by atoms with Crippen molar-refractivity contribution in [3.05, 3.63) is 24.3 Å². The predicted octanol–water partition coefficient (Wildman–Crippen LogP) is 6.48. The summed E-state index contributed by atoms with van der Waals surface area (Å²) in [7, 11) is 0. The summed E-state index contributed by atoms with van der Waals surface area (Å²) < 4.78 is 5.52. The van der Waals surface area contributed by atoms with Gasteiger partial charge in [0.1, 0.15) is 17.7 Å². The van der Waals surface area contributed by atoms with Gasteiger partial charge in [0.25, 0.3) is 0 Å². The Balaban J connectivity index is 1.55. The summed E-state index contributed by atoms with van der Waals surface area (Å²) >= 11 is 0. The average Bonchev–Trinajstić information content (AvgIpc) is 3.08. The van der Waals surface area contributed by atoms with Crippen LogP contribution < -0.4 is 0 Å². The average molecular weight is 469 g/mol. The highest BCUT2D eigenvalue weighted by atomic mass is 16.5. The van der Waals surface area contributed by atoms with Crippen LogP contribution in [0.5, 0.6) is 0 Å². The molecule has 4 rings (SSSR count). The Morgan fingerprint density at radius 1 is 1.09 bits per heavy atom. The number of rotatable bonds is 6. The third kappa shape index (κ3) is 4.13. The van der Waals surface area contributed by atoms with E-state index in [1.807, 2.05) is 6.92 Å². The fourth-order valence-corrected chi connectivity index (χ4v) is 8.83. The molecule has 188 valence electrons. The molecular formula is C30H44O4. The Kier molecular flexibility index (Phi) is 6.76. The van der Waals surface area contributed by atoms with Crippen molar-refractivity contribution in [3.8, 4) is 0 Å². The number of hydrogen-bond donors (Lipinski definition) is 0. The molecule has 4 nitrogen and oxygen atoms in total. The monoisotopic (exact) mass is 468 g/mol. The molecule has 4 aliphatic carbocycles. The van der Waals surface area contributed by atoms with E-state index in [1.165, 1.54) is 6.92 Å². The predicted molar refractivity (Wildman–Crippen MR) is 134 cm³/mol. The van der Waals surface area contributed by atoms with Crippen molar-refractivity contribution in [1.82, 2.24) is 0 Å². The molecule has 4 aliphatic rings. The first-order valence-corrected chi connectivity index (χ1v) is 13.4. The summed E-state index contributed by atoms with van der Waals surface area (Å²) in [4.78, 5) is 39.1. The number of hydrogen-bond acceptors (Lipinski definition) is 4. The van der Waals surface area contributed by atoms with Crippen LogP contribution in [0.25, 0.3) is 0 Å². The molecule has 0 radical (unpaired) electrons. The van der Waals surface area contributed by atoms with Crippen molar-refractivity contribution in [1.29, 1.82) is 0 Å². The molecule has 0 bridgehead atoms. The normalized spacial score (nSPS) is 42.3. The zero-order chi connectivity index (χ0) is 25.0. The smallest absolute Gasteiger partial charge is 0.302 e. The summed E-state index contributed by atoms with van der Waals surface area (Å²) in [6.07, 6.45) is 7.59. The van der Waals surface area contributed by atoms with Crippen molar-refractivity contribution in [2.24, 2.45) is 46.3 Å². The van der Waals surface area contributed by atoms with Gasteiger partial charge in [0.15, 0.2) is 0 Å². The first kappa shape index (κ1) is 25.4. The van der Waals surface area contributed by atoms with Gasteiger partial charge in [-0.25, -0.2) is 0 Å². The summed E-state index contributed by atoms with van der Waals surface area (Å²) in [6.45, 7) is 18.6. The van der Waals surface area contributed by atoms with Crippen LogP contribution in [0.2, 0.25) is 0 Å². The largest absolute Gasteiger partial charge is 0.463 e. The van der Waals surface area contributed by atoms with E-state index in [0.29, 0.717) is 48.6 Å². The van der Waals surface area contributed by atoms with Crippen molar-refractivity contribution in [3.63, 3.8) is 0 Å². The van der Waals surface area contributed by atoms with Crippen LogP contribution in [-0.4, -0.2) is 23.6 Å². The van der Waals surface area contributed by atoms with Crippen molar-refractivity contribution < 1.29 is 19.1 Å². The number of Topliss-reactive ketones (excluding diaryl/α,β-unsaturated/α-hetero) is 2. The minimum absolute atomic E-state index is 0.0873. The quantitative estimate of drug-likeness (QED) is 0.330. The van der Waals surface area contributed by atoms with E-state index in [9.17, 15) is 14.4 Å². The minimum atomic E-state index is -0.254. The number of ether oxygens (including phenoxy) is 1. The number of carbonyl (C=O) groups excluding carboxylic acids is 3. The molecular weight excluding hydrogens is 424 g/mol. The summed E-state index contributed by atoms with van der Waals surface area (Å²) in [5.41, 5.74) is 1.93. The molecule has 9 atom stereocenters. The van der Waals surface area contributed by atoms with Gasteiger partial charge in [0, 0.05) is 31.6 Å². The van der Waals surface area contributed by atoms with Crippen molar-refractivity contribution >= 4 is 17.5 Å². The number of fused-ring (bicyclic) bond motifs is 5. The van der Waals surface area contributed by atoms with Crippen molar-refractivity contribution in [2.45, 2.75) is 98.5 Å². The second kappa shape index (κ2) is 9.06. The van der Waals surface area contributed by atoms with Gasteiger partial charge in [-0.1, -0.05) is 45.1 Å². The van der Waals surface area contributed by atoms with E-state index in [0.717, 1.165) is 49.7 Å². The summed E-state index contributed by atoms with van der Waals surface area (Å²) in [5.74, 6) is 1.49. The fraction of sp³-hybridized carbons (Fsp3) is 0.767. The Hall–Kier alpha value is -1.71. The lowest BCUT2D eigenvalue weighted by molar-refractivity contribution is -0.175. The third-order valence-corrected chi connectivity index (χ3v) is 10.7. The first-order valence-electron chi connectivity index (χ1n) is 13.4. The molecule has 0 aromatic carbocycles. The lowest BCUT2D eigenvalue weighted by atomic mass is 9.43. The second-order valence-electron chi connectivity index (χ2n) is 12.7. The topological polar surface area (TPSA) is 60.4 Å². The van der Waals surface area contributed by atoms with Gasteiger partial charge in [0.05, 0.1) is 0 Å². The number of esters is 1. The molecule has 0 aromatic rings. The van der Waals surface area contributed by atoms with Crippen LogP contribution in [0.15, 0.2) is 24.3 Å². The van der Waals surface area contributed by atoms with E-state index in [2.05, 4.69) is 33.9 Å². The zero-order valence-corrected chi connectivity index (χ0v) is 22.0. The standard InChI is InChI=1S/C30H44O4/c1-17(2)18(3)8-9-19(4)23-10-11-24-27-25(32)15-21-14-22(34-20(5)31)12-13-29(21,6)28(27)26(33)16-30(23,24)7/h19,21-24,27-28H,1,3,8-16H2,2,4-7H3/t19-,21?,22?,23-,24+,27-,28+,29+,30-/m1/s1. The molecule has 0 aromatic heterocycles. The van der Waals surface area contributed by atoms with Crippen LogP contribution in [0.3, 0.4) is 0 Å². The Morgan fingerprint density at radius 3 is 2.44 bits per heavy atom. The van der Waals surface area contributed by atoms with Gasteiger partial charge < -0.3 is 4.74 Å². The highest BCUT2D eigenvalue weighted by Gasteiger charge is 2.66. The van der Waals surface area contributed by atoms with Gasteiger partial charge in [-0.15, -0.1) is 0 Å².